The summed E-state index contributed by atoms with van der Waals surface area (Å²) in [7, 11) is 0. The predicted molar refractivity (Wildman–Crippen MR) is 232 cm³/mol. The van der Waals surface area contributed by atoms with Gasteiger partial charge in [0.2, 0.25) is 0 Å². The Morgan fingerprint density at radius 2 is 1.00 bits per heavy atom. The second-order valence-electron chi connectivity index (χ2n) is 14.0. The van der Waals surface area contributed by atoms with Gasteiger partial charge >= 0.3 is 0 Å². The standard InChI is InChI=1S/C51H31N5O/c1-3-15-32(16-4-1)49-52-50(54-51(53-49)39-24-14-27-42-46(39)36-21-7-10-25-40(36)55(42)34-18-5-2-6-19-34)33-17-13-20-35(31-33)56-41-26-11-8-22-37(41)47-43(56)29-30-45-48(47)38-23-9-12-28-44(38)57-45/h1-31H/i1D,3D,4D,15D,16D. The van der Waals surface area contributed by atoms with E-state index in [1.807, 2.05) is 103 Å². The quantitative estimate of drug-likeness (QED) is 0.177. The van der Waals surface area contributed by atoms with E-state index in [4.69, 9.17) is 26.2 Å². The number of para-hydroxylation sites is 4. The normalized spacial score (nSPS) is 13.1. The Labute approximate surface area is 333 Å². The Kier molecular flexibility index (Phi) is 5.82. The van der Waals surface area contributed by atoms with Gasteiger partial charge in [0.1, 0.15) is 11.2 Å². The van der Waals surface area contributed by atoms with Crippen molar-refractivity contribution in [2.45, 2.75) is 0 Å². The summed E-state index contributed by atoms with van der Waals surface area (Å²) in [5, 5.41) is 6.16. The topological polar surface area (TPSA) is 61.7 Å². The highest BCUT2D eigenvalue weighted by atomic mass is 16.3. The van der Waals surface area contributed by atoms with Gasteiger partial charge in [-0.1, -0.05) is 127 Å². The van der Waals surface area contributed by atoms with Crippen LogP contribution in [0.4, 0.5) is 0 Å². The maximum atomic E-state index is 8.95. The average Bonchev–Trinajstić information content (AvgIpc) is 3.98. The van der Waals surface area contributed by atoms with Gasteiger partial charge in [-0.05, 0) is 60.7 Å². The number of aromatic nitrogens is 5. The van der Waals surface area contributed by atoms with Gasteiger partial charge in [-0.25, -0.2) is 15.0 Å². The van der Waals surface area contributed by atoms with Crippen molar-refractivity contribution < 1.29 is 11.3 Å². The number of fused-ring (bicyclic) bond motifs is 10. The second-order valence-corrected chi connectivity index (χ2v) is 14.0. The minimum atomic E-state index is -0.490. The Hall–Kier alpha value is -7.83. The zero-order chi connectivity index (χ0) is 41.8. The van der Waals surface area contributed by atoms with Gasteiger partial charge < -0.3 is 13.6 Å². The third-order valence-electron chi connectivity index (χ3n) is 10.9. The van der Waals surface area contributed by atoms with Gasteiger partial charge in [0, 0.05) is 60.4 Å². The molecule has 4 aromatic heterocycles. The molecule has 0 aliphatic rings. The van der Waals surface area contributed by atoms with Crippen LogP contribution in [0.3, 0.4) is 0 Å². The zero-order valence-corrected chi connectivity index (χ0v) is 30.2. The van der Waals surface area contributed by atoms with Crippen LogP contribution in [0.5, 0.6) is 0 Å². The number of hydrogen-bond acceptors (Lipinski definition) is 4. The summed E-state index contributed by atoms with van der Waals surface area (Å²) in [6, 6.07) is 50.6. The summed E-state index contributed by atoms with van der Waals surface area (Å²) in [4.78, 5) is 15.1. The van der Waals surface area contributed by atoms with Crippen molar-refractivity contribution in [1.82, 2.24) is 24.1 Å². The molecule has 4 heterocycles. The molecule has 0 atom stereocenters. The van der Waals surface area contributed by atoms with Crippen molar-refractivity contribution >= 4 is 65.6 Å². The van der Waals surface area contributed by atoms with Crippen molar-refractivity contribution in [1.29, 1.82) is 0 Å². The van der Waals surface area contributed by atoms with E-state index in [2.05, 4.69) is 63.7 Å². The molecule has 0 aliphatic heterocycles. The van der Waals surface area contributed by atoms with Crippen LogP contribution in [0.2, 0.25) is 0 Å². The molecule has 0 aliphatic carbocycles. The third-order valence-corrected chi connectivity index (χ3v) is 10.9. The number of nitrogens with zero attached hydrogens (tertiary/aromatic N) is 5. The van der Waals surface area contributed by atoms with Crippen molar-refractivity contribution in [2.75, 3.05) is 0 Å². The van der Waals surface area contributed by atoms with Crippen molar-refractivity contribution in [3.05, 3.63) is 188 Å². The van der Waals surface area contributed by atoms with E-state index in [9.17, 15) is 0 Å². The number of hydrogen-bond donors (Lipinski definition) is 0. The molecule has 0 radical (unpaired) electrons. The van der Waals surface area contributed by atoms with E-state index < -0.39 is 30.2 Å². The zero-order valence-electron chi connectivity index (χ0n) is 35.2. The first-order valence-electron chi connectivity index (χ1n) is 21.2. The second kappa shape index (κ2) is 12.3. The Morgan fingerprint density at radius 1 is 0.404 bits per heavy atom. The fourth-order valence-electron chi connectivity index (χ4n) is 8.50. The van der Waals surface area contributed by atoms with Gasteiger partial charge in [0.15, 0.2) is 17.5 Å². The lowest BCUT2D eigenvalue weighted by atomic mass is 10.1. The van der Waals surface area contributed by atoms with Crippen LogP contribution in [-0.4, -0.2) is 24.1 Å². The summed E-state index contributed by atoms with van der Waals surface area (Å²) in [5.74, 6) is 0.559. The Balaban J connectivity index is 1.12. The van der Waals surface area contributed by atoms with Crippen LogP contribution in [0.25, 0.3) is 111 Å². The maximum Gasteiger partial charge on any atom is 0.164 e. The molecule has 0 amide bonds. The highest BCUT2D eigenvalue weighted by Crippen LogP contribution is 2.42. The fourth-order valence-corrected chi connectivity index (χ4v) is 8.50. The summed E-state index contributed by atoms with van der Waals surface area (Å²) in [6.07, 6.45) is 0. The van der Waals surface area contributed by atoms with E-state index in [-0.39, 0.29) is 17.2 Å². The van der Waals surface area contributed by atoms with E-state index in [0.29, 0.717) is 17.0 Å². The van der Waals surface area contributed by atoms with Crippen LogP contribution in [0.15, 0.2) is 192 Å². The molecule has 57 heavy (non-hydrogen) atoms. The molecular formula is C51H31N5O. The number of furan rings is 1. The SMILES string of the molecule is [2H]c1c([2H])c([2H])c(-c2nc(-c3cccc(-n4c5ccccc5c5c6c(ccc54)oc4ccccc46)c3)nc(-c3cccc4c3c3ccccc3n4-c3ccccc3)n2)c([2H])c1[2H]. The van der Waals surface area contributed by atoms with Gasteiger partial charge in [0.25, 0.3) is 0 Å². The molecule has 12 rings (SSSR count). The van der Waals surface area contributed by atoms with Gasteiger partial charge in [0.05, 0.1) is 28.9 Å². The Bertz CT molecular complexity index is 3810. The molecule has 0 spiro atoms. The van der Waals surface area contributed by atoms with E-state index in [1.54, 1.807) is 0 Å². The van der Waals surface area contributed by atoms with Gasteiger partial charge in [-0.3, -0.25) is 0 Å². The molecule has 0 bridgehead atoms. The van der Waals surface area contributed by atoms with E-state index in [1.165, 1.54) is 0 Å². The molecule has 0 saturated carbocycles. The van der Waals surface area contributed by atoms with Crippen molar-refractivity contribution in [3.63, 3.8) is 0 Å². The molecule has 0 N–H and O–H groups in total. The fraction of sp³-hybridized carbons (Fsp3) is 0. The van der Waals surface area contributed by atoms with Crippen molar-refractivity contribution in [2.24, 2.45) is 0 Å². The molecule has 8 aromatic carbocycles. The molecule has 6 nitrogen and oxygen atoms in total. The first-order valence-corrected chi connectivity index (χ1v) is 18.7. The smallest absolute Gasteiger partial charge is 0.164 e. The third kappa shape index (κ3) is 4.81. The van der Waals surface area contributed by atoms with Crippen LogP contribution in [0, 0.1) is 0 Å². The van der Waals surface area contributed by atoms with Gasteiger partial charge in [-0.15, -0.1) is 0 Å². The molecular weight excluding hydrogens is 699 g/mol. The number of benzene rings is 8. The minimum absolute atomic E-state index is 0.0257. The molecule has 0 unspecified atom stereocenters. The summed E-state index contributed by atoms with van der Waals surface area (Å²) < 4.78 is 54.0. The molecule has 266 valence electrons. The lowest BCUT2D eigenvalue weighted by Crippen LogP contribution is -2.01. The van der Waals surface area contributed by atoms with E-state index >= 15 is 0 Å². The van der Waals surface area contributed by atoms with Crippen LogP contribution < -0.4 is 0 Å². The summed E-state index contributed by atoms with van der Waals surface area (Å²) in [6.45, 7) is 0. The highest BCUT2D eigenvalue weighted by Gasteiger charge is 2.21. The highest BCUT2D eigenvalue weighted by molar-refractivity contribution is 6.27. The lowest BCUT2D eigenvalue weighted by Gasteiger charge is -2.12. The molecule has 6 heteroatoms. The average molecular weight is 735 g/mol. The monoisotopic (exact) mass is 734 g/mol. The Morgan fingerprint density at radius 3 is 1.81 bits per heavy atom. The first kappa shape index (κ1) is 26.9. The molecule has 12 aromatic rings. The van der Waals surface area contributed by atoms with Crippen LogP contribution in [-0.2, 0) is 0 Å². The summed E-state index contributed by atoms with van der Waals surface area (Å²) in [5.41, 5.74) is 8.71. The van der Waals surface area contributed by atoms with Crippen LogP contribution >= 0.6 is 0 Å². The van der Waals surface area contributed by atoms with Crippen molar-refractivity contribution in [3.8, 4) is 45.5 Å². The predicted octanol–water partition coefficient (Wildman–Crippen LogP) is 13.0. The van der Waals surface area contributed by atoms with Crippen LogP contribution in [0.1, 0.15) is 6.85 Å². The minimum Gasteiger partial charge on any atom is -0.456 e. The summed E-state index contributed by atoms with van der Waals surface area (Å²) >= 11 is 0. The largest absolute Gasteiger partial charge is 0.456 e. The number of rotatable bonds is 5. The molecule has 0 saturated heterocycles. The molecule has 0 fully saturated rings. The lowest BCUT2D eigenvalue weighted by molar-refractivity contribution is 0.669. The first-order chi connectivity index (χ1) is 30.4. The maximum absolute atomic E-state index is 8.95. The van der Waals surface area contributed by atoms with E-state index in [0.717, 1.165) is 76.9 Å². The van der Waals surface area contributed by atoms with Gasteiger partial charge in [-0.2, -0.15) is 0 Å².